The van der Waals surface area contributed by atoms with Crippen LogP contribution in [0, 0.1) is 5.41 Å². The molecule has 2 nitrogen and oxygen atoms in total. The number of aromatic nitrogens is 2. The average Bonchev–Trinajstić information content (AvgIpc) is 2.30. The van der Waals surface area contributed by atoms with E-state index in [1.807, 2.05) is 6.08 Å². The monoisotopic (exact) mass is 246 g/mol. The van der Waals surface area contributed by atoms with Crippen LogP contribution in [0.3, 0.4) is 0 Å². The number of halogens is 1. The van der Waals surface area contributed by atoms with Crippen LogP contribution in [0.1, 0.15) is 25.8 Å². The maximum absolute atomic E-state index is 3.95. The van der Waals surface area contributed by atoms with Gasteiger partial charge in [-0.25, -0.2) is 0 Å². The quantitative estimate of drug-likeness (QED) is 0.760. The maximum Gasteiger partial charge on any atom is 0.183 e. The van der Waals surface area contributed by atoms with Gasteiger partial charge in [0.05, 0.1) is 0 Å². The molecule has 0 saturated heterocycles. The number of rotatable bonds is 1. The molecule has 0 atom stereocenters. The zero-order chi connectivity index (χ0) is 9.19. The van der Waals surface area contributed by atoms with E-state index in [1.165, 1.54) is 11.3 Å². The normalized spacial score (nSPS) is 12.7. The first-order chi connectivity index (χ1) is 5.47. The lowest BCUT2D eigenvalue weighted by atomic mass is 9.96. The standard InChI is InChI=1S/C8H11BrN2S/c1-8(2,3)5-4-6-10-11-7(9)12-6/h4-5H,1-3H3/b5-4+. The fraction of sp³-hybridized carbons (Fsp3) is 0.500. The van der Waals surface area contributed by atoms with E-state index in [-0.39, 0.29) is 5.41 Å². The Labute approximate surface area is 84.8 Å². The molecule has 0 N–H and O–H groups in total. The molecule has 1 aromatic rings. The summed E-state index contributed by atoms with van der Waals surface area (Å²) in [6.07, 6.45) is 4.13. The highest BCUT2D eigenvalue weighted by Gasteiger charge is 2.04. The molecule has 0 aliphatic rings. The molecule has 0 bridgehead atoms. The molecule has 1 aromatic heterocycles. The molecule has 0 unspecified atom stereocenters. The van der Waals surface area contributed by atoms with Crippen LogP contribution in [-0.2, 0) is 0 Å². The van der Waals surface area contributed by atoms with Crippen molar-refractivity contribution in [1.82, 2.24) is 10.2 Å². The molecule has 0 spiro atoms. The van der Waals surface area contributed by atoms with Gasteiger partial charge < -0.3 is 0 Å². The molecule has 1 rings (SSSR count). The molecular weight excluding hydrogens is 236 g/mol. The highest BCUT2D eigenvalue weighted by molar-refractivity contribution is 9.11. The van der Waals surface area contributed by atoms with E-state index in [2.05, 4.69) is 53.0 Å². The predicted molar refractivity (Wildman–Crippen MR) is 56.1 cm³/mol. The molecule has 0 fully saturated rings. The summed E-state index contributed by atoms with van der Waals surface area (Å²) >= 11 is 4.80. The third-order valence-corrected chi connectivity index (χ3v) is 2.46. The largest absolute Gasteiger partial charge is 0.183 e. The summed E-state index contributed by atoms with van der Waals surface area (Å²) in [5.41, 5.74) is 0.206. The molecule has 0 aliphatic heterocycles. The Morgan fingerprint density at radius 1 is 1.33 bits per heavy atom. The van der Waals surface area contributed by atoms with Gasteiger partial charge in [0.15, 0.2) is 3.92 Å². The summed E-state index contributed by atoms with van der Waals surface area (Å²) in [5, 5.41) is 8.75. The zero-order valence-electron chi connectivity index (χ0n) is 7.34. The van der Waals surface area contributed by atoms with Crippen LogP contribution in [0.4, 0.5) is 0 Å². The molecule has 66 valence electrons. The summed E-state index contributed by atoms with van der Waals surface area (Å²) in [4.78, 5) is 0. The Morgan fingerprint density at radius 3 is 2.42 bits per heavy atom. The molecule has 0 aliphatic carbocycles. The van der Waals surface area contributed by atoms with Gasteiger partial charge in [0.1, 0.15) is 5.01 Å². The van der Waals surface area contributed by atoms with Crippen molar-refractivity contribution in [2.75, 3.05) is 0 Å². The lowest BCUT2D eigenvalue weighted by Crippen LogP contribution is -1.97. The van der Waals surface area contributed by atoms with Crippen molar-refractivity contribution in [3.63, 3.8) is 0 Å². The molecule has 1 heterocycles. The van der Waals surface area contributed by atoms with Crippen LogP contribution in [0.25, 0.3) is 6.08 Å². The molecule has 0 saturated carbocycles. The number of allylic oxidation sites excluding steroid dienone is 1. The van der Waals surface area contributed by atoms with E-state index in [9.17, 15) is 0 Å². The fourth-order valence-electron chi connectivity index (χ4n) is 0.604. The maximum atomic E-state index is 3.95. The first-order valence-electron chi connectivity index (χ1n) is 3.66. The van der Waals surface area contributed by atoms with E-state index >= 15 is 0 Å². The van der Waals surface area contributed by atoms with Gasteiger partial charge in [0, 0.05) is 0 Å². The van der Waals surface area contributed by atoms with E-state index in [1.54, 1.807) is 0 Å². The average molecular weight is 247 g/mol. The van der Waals surface area contributed by atoms with Gasteiger partial charge in [-0.15, -0.1) is 10.2 Å². The van der Waals surface area contributed by atoms with Crippen molar-refractivity contribution in [2.45, 2.75) is 20.8 Å². The van der Waals surface area contributed by atoms with Crippen LogP contribution in [0.2, 0.25) is 0 Å². The minimum Gasteiger partial charge on any atom is -0.138 e. The van der Waals surface area contributed by atoms with Crippen molar-refractivity contribution < 1.29 is 0 Å². The topological polar surface area (TPSA) is 25.8 Å². The number of hydrogen-bond donors (Lipinski definition) is 0. The van der Waals surface area contributed by atoms with E-state index in [4.69, 9.17) is 0 Å². The molecule has 12 heavy (non-hydrogen) atoms. The van der Waals surface area contributed by atoms with Gasteiger partial charge in [0.25, 0.3) is 0 Å². The van der Waals surface area contributed by atoms with Crippen LogP contribution >= 0.6 is 27.3 Å². The summed E-state index contributed by atoms with van der Waals surface area (Å²) in [6.45, 7) is 6.46. The fourth-order valence-corrected chi connectivity index (χ4v) is 1.65. The van der Waals surface area contributed by atoms with Gasteiger partial charge >= 0.3 is 0 Å². The summed E-state index contributed by atoms with van der Waals surface area (Å²) in [5.74, 6) is 0. The SMILES string of the molecule is CC(C)(C)/C=C/c1nnc(Br)s1. The molecule has 0 amide bonds. The Balaban J connectivity index is 2.70. The van der Waals surface area contributed by atoms with Gasteiger partial charge in [-0.3, -0.25) is 0 Å². The van der Waals surface area contributed by atoms with Gasteiger partial charge in [0.2, 0.25) is 0 Å². The third-order valence-electron chi connectivity index (χ3n) is 1.14. The van der Waals surface area contributed by atoms with Crippen LogP contribution in [0.5, 0.6) is 0 Å². The first kappa shape index (κ1) is 9.86. The lowest BCUT2D eigenvalue weighted by molar-refractivity contribution is 0.547. The minimum absolute atomic E-state index is 0.206. The van der Waals surface area contributed by atoms with Gasteiger partial charge in [-0.1, -0.05) is 38.2 Å². The Hall–Kier alpha value is -0.220. The molecule has 0 aromatic carbocycles. The predicted octanol–water partition coefficient (Wildman–Crippen LogP) is 3.36. The number of hydrogen-bond acceptors (Lipinski definition) is 3. The van der Waals surface area contributed by atoms with E-state index in [0.717, 1.165) is 8.92 Å². The third kappa shape index (κ3) is 3.45. The highest BCUT2D eigenvalue weighted by Crippen LogP contribution is 2.20. The number of nitrogens with zero attached hydrogens (tertiary/aromatic N) is 2. The van der Waals surface area contributed by atoms with Crippen molar-refractivity contribution in [3.8, 4) is 0 Å². The van der Waals surface area contributed by atoms with Crippen LogP contribution in [-0.4, -0.2) is 10.2 Å². The zero-order valence-corrected chi connectivity index (χ0v) is 9.74. The van der Waals surface area contributed by atoms with Crippen molar-refractivity contribution >= 4 is 33.3 Å². The smallest absolute Gasteiger partial charge is 0.138 e. The summed E-state index contributed by atoms with van der Waals surface area (Å²) in [6, 6.07) is 0. The molecular formula is C8H11BrN2S. The second-order valence-electron chi connectivity index (χ2n) is 3.59. The summed E-state index contributed by atoms with van der Waals surface area (Å²) in [7, 11) is 0. The lowest BCUT2D eigenvalue weighted by Gasteiger charge is -2.09. The second-order valence-corrected chi connectivity index (χ2v) is 5.88. The van der Waals surface area contributed by atoms with Crippen molar-refractivity contribution in [2.24, 2.45) is 5.41 Å². The van der Waals surface area contributed by atoms with Crippen molar-refractivity contribution in [1.29, 1.82) is 0 Å². The first-order valence-corrected chi connectivity index (χ1v) is 5.26. The molecule has 4 heteroatoms. The minimum atomic E-state index is 0.206. The van der Waals surface area contributed by atoms with Gasteiger partial charge in [-0.05, 0) is 27.4 Å². The second kappa shape index (κ2) is 3.66. The van der Waals surface area contributed by atoms with Crippen molar-refractivity contribution in [3.05, 3.63) is 15.0 Å². The Kier molecular flexibility index (Phi) is 3.01. The highest BCUT2D eigenvalue weighted by atomic mass is 79.9. The summed E-state index contributed by atoms with van der Waals surface area (Å²) < 4.78 is 0.830. The van der Waals surface area contributed by atoms with Crippen LogP contribution < -0.4 is 0 Å². The Morgan fingerprint density at radius 2 is 2.00 bits per heavy atom. The molecule has 0 radical (unpaired) electrons. The van der Waals surface area contributed by atoms with E-state index < -0.39 is 0 Å². The Bertz CT molecular complexity index is 285. The van der Waals surface area contributed by atoms with Gasteiger partial charge in [-0.2, -0.15) is 0 Å². The van der Waals surface area contributed by atoms with E-state index in [0.29, 0.717) is 0 Å². The van der Waals surface area contributed by atoms with Crippen LogP contribution in [0.15, 0.2) is 9.99 Å².